The molecular weight excluding hydrogens is 162 g/mol. The van der Waals surface area contributed by atoms with Crippen molar-refractivity contribution in [2.75, 3.05) is 6.54 Å². The molecule has 2 N–H and O–H groups in total. The standard InChI is InChI=1S/C10H17N3/c1-2-13-10-5-8(6-11)3-4-9(10)7-12-13/h7-8H,2-6,11H2,1H3/t8-/m0/s1. The number of nitrogens with two attached hydrogens (primary N) is 1. The molecule has 1 aromatic rings. The van der Waals surface area contributed by atoms with Crippen molar-refractivity contribution >= 4 is 0 Å². The normalized spacial score (nSPS) is 21.5. The number of fused-ring (bicyclic) bond motifs is 1. The second-order valence-corrected chi connectivity index (χ2v) is 3.78. The van der Waals surface area contributed by atoms with Crippen molar-refractivity contribution in [3.8, 4) is 0 Å². The molecule has 1 aromatic heterocycles. The average molecular weight is 179 g/mol. The quantitative estimate of drug-likeness (QED) is 0.735. The van der Waals surface area contributed by atoms with E-state index >= 15 is 0 Å². The highest BCUT2D eigenvalue weighted by molar-refractivity contribution is 5.21. The van der Waals surface area contributed by atoms with Crippen LogP contribution in [0.5, 0.6) is 0 Å². The van der Waals surface area contributed by atoms with Gasteiger partial charge in [-0.3, -0.25) is 4.68 Å². The van der Waals surface area contributed by atoms with Gasteiger partial charge in [-0.05, 0) is 44.2 Å². The van der Waals surface area contributed by atoms with Gasteiger partial charge in [0, 0.05) is 12.2 Å². The Hall–Kier alpha value is -0.830. The molecule has 1 heterocycles. The first-order valence-corrected chi connectivity index (χ1v) is 5.08. The van der Waals surface area contributed by atoms with Gasteiger partial charge in [-0.1, -0.05) is 0 Å². The highest BCUT2D eigenvalue weighted by atomic mass is 15.3. The largest absolute Gasteiger partial charge is 0.330 e. The fraction of sp³-hybridized carbons (Fsp3) is 0.700. The van der Waals surface area contributed by atoms with Crippen molar-refractivity contribution in [3.63, 3.8) is 0 Å². The maximum Gasteiger partial charge on any atom is 0.0524 e. The second kappa shape index (κ2) is 3.50. The fourth-order valence-corrected chi connectivity index (χ4v) is 2.10. The minimum Gasteiger partial charge on any atom is -0.330 e. The summed E-state index contributed by atoms with van der Waals surface area (Å²) in [5.41, 5.74) is 8.55. The molecule has 0 aromatic carbocycles. The highest BCUT2D eigenvalue weighted by Crippen LogP contribution is 2.24. The van der Waals surface area contributed by atoms with E-state index < -0.39 is 0 Å². The summed E-state index contributed by atoms with van der Waals surface area (Å²) in [6, 6.07) is 0. The summed E-state index contributed by atoms with van der Waals surface area (Å²) < 4.78 is 2.11. The third kappa shape index (κ3) is 1.48. The molecule has 1 aliphatic rings. The zero-order valence-corrected chi connectivity index (χ0v) is 8.16. The molecule has 0 aliphatic heterocycles. The molecule has 72 valence electrons. The molecule has 0 bridgehead atoms. The van der Waals surface area contributed by atoms with Crippen molar-refractivity contribution in [1.29, 1.82) is 0 Å². The second-order valence-electron chi connectivity index (χ2n) is 3.78. The number of aromatic nitrogens is 2. The van der Waals surface area contributed by atoms with E-state index in [2.05, 4.69) is 16.7 Å². The van der Waals surface area contributed by atoms with Crippen LogP contribution in [-0.4, -0.2) is 16.3 Å². The molecule has 0 amide bonds. The van der Waals surface area contributed by atoms with Crippen LogP contribution < -0.4 is 5.73 Å². The van der Waals surface area contributed by atoms with E-state index in [0.29, 0.717) is 5.92 Å². The van der Waals surface area contributed by atoms with Crippen LogP contribution in [0.4, 0.5) is 0 Å². The van der Waals surface area contributed by atoms with Crippen molar-refractivity contribution in [2.24, 2.45) is 11.7 Å². The van der Waals surface area contributed by atoms with E-state index in [9.17, 15) is 0 Å². The molecule has 13 heavy (non-hydrogen) atoms. The monoisotopic (exact) mass is 179 g/mol. The van der Waals surface area contributed by atoms with Crippen molar-refractivity contribution in [1.82, 2.24) is 9.78 Å². The summed E-state index contributed by atoms with van der Waals surface area (Å²) in [6.07, 6.45) is 5.54. The Kier molecular flexibility index (Phi) is 2.36. The van der Waals surface area contributed by atoms with Crippen LogP contribution in [0.25, 0.3) is 0 Å². The molecular formula is C10H17N3. The van der Waals surface area contributed by atoms with E-state index in [1.807, 2.05) is 6.20 Å². The maximum atomic E-state index is 5.69. The van der Waals surface area contributed by atoms with Crippen LogP contribution in [0.3, 0.4) is 0 Å². The predicted molar refractivity (Wildman–Crippen MR) is 52.5 cm³/mol. The molecule has 1 atom stereocenters. The maximum absolute atomic E-state index is 5.69. The van der Waals surface area contributed by atoms with E-state index in [1.54, 1.807) is 0 Å². The molecule has 0 saturated carbocycles. The van der Waals surface area contributed by atoms with Crippen LogP contribution in [-0.2, 0) is 19.4 Å². The van der Waals surface area contributed by atoms with Gasteiger partial charge in [-0.2, -0.15) is 5.10 Å². The Labute approximate surface area is 78.9 Å². The lowest BCUT2D eigenvalue weighted by molar-refractivity contribution is 0.445. The summed E-state index contributed by atoms with van der Waals surface area (Å²) in [7, 11) is 0. The topological polar surface area (TPSA) is 43.8 Å². The highest BCUT2D eigenvalue weighted by Gasteiger charge is 2.20. The van der Waals surface area contributed by atoms with Gasteiger partial charge in [0.2, 0.25) is 0 Å². The third-order valence-corrected chi connectivity index (χ3v) is 2.97. The van der Waals surface area contributed by atoms with Gasteiger partial charge in [-0.25, -0.2) is 0 Å². The van der Waals surface area contributed by atoms with Gasteiger partial charge >= 0.3 is 0 Å². The van der Waals surface area contributed by atoms with Gasteiger partial charge in [0.1, 0.15) is 0 Å². The zero-order valence-electron chi connectivity index (χ0n) is 8.16. The van der Waals surface area contributed by atoms with E-state index in [1.165, 1.54) is 17.7 Å². The van der Waals surface area contributed by atoms with Crippen molar-refractivity contribution < 1.29 is 0 Å². The molecule has 0 fully saturated rings. The molecule has 2 rings (SSSR count). The summed E-state index contributed by atoms with van der Waals surface area (Å²) in [6.45, 7) is 3.93. The van der Waals surface area contributed by atoms with E-state index in [0.717, 1.165) is 25.9 Å². The van der Waals surface area contributed by atoms with Gasteiger partial charge in [0.25, 0.3) is 0 Å². The predicted octanol–water partition coefficient (Wildman–Crippen LogP) is 0.967. The zero-order chi connectivity index (χ0) is 9.26. The summed E-state index contributed by atoms with van der Waals surface area (Å²) in [5.74, 6) is 0.675. The number of hydrogen-bond donors (Lipinski definition) is 1. The smallest absolute Gasteiger partial charge is 0.0524 e. The van der Waals surface area contributed by atoms with Crippen molar-refractivity contribution in [3.05, 3.63) is 17.5 Å². The Morgan fingerprint density at radius 3 is 3.23 bits per heavy atom. The first kappa shape index (κ1) is 8.75. The van der Waals surface area contributed by atoms with Gasteiger partial charge in [-0.15, -0.1) is 0 Å². The Bertz CT molecular complexity index is 277. The van der Waals surface area contributed by atoms with E-state index in [-0.39, 0.29) is 0 Å². The molecule has 0 saturated heterocycles. The number of nitrogens with zero attached hydrogens (tertiary/aromatic N) is 2. The number of aryl methyl sites for hydroxylation is 2. The molecule has 3 heteroatoms. The molecule has 0 spiro atoms. The molecule has 0 unspecified atom stereocenters. The fourth-order valence-electron chi connectivity index (χ4n) is 2.10. The van der Waals surface area contributed by atoms with Crippen molar-refractivity contribution in [2.45, 2.75) is 32.7 Å². The van der Waals surface area contributed by atoms with Crippen LogP contribution >= 0.6 is 0 Å². The van der Waals surface area contributed by atoms with Gasteiger partial charge in [0.15, 0.2) is 0 Å². The number of rotatable bonds is 2. The van der Waals surface area contributed by atoms with Crippen LogP contribution in [0.1, 0.15) is 24.6 Å². The molecule has 1 aliphatic carbocycles. The minimum atomic E-state index is 0.675. The van der Waals surface area contributed by atoms with Crippen LogP contribution in [0.15, 0.2) is 6.20 Å². The molecule has 3 nitrogen and oxygen atoms in total. The SMILES string of the molecule is CCn1ncc2c1C[C@@H](CN)CC2. The Morgan fingerprint density at radius 1 is 1.69 bits per heavy atom. The Balaban J connectivity index is 2.25. The minimum absolute atomic E-state index is 0.675. The Morgan fingerprint density at radius 2 is 2.54 bits per heavy atom. The summed E-state index contributed by atoms with van der Waals surface area (Å²) in [4.78, 5) is 0. The first-order chi connectivity index (χ1) is 6.35. The summed E-state index contributed by atoms with van der Waals surface area (Å²) in [5, 5.41) is 4.36. The van der Waals surface area contributed by atoms with E-state index in [4.69, 9.17) is 5.73 Å². The lowest BCUT2D eigenvalue weighted by Gasteiger charge is -2.21. The van der Waals surface area contributed by atoms with Gasteiger partial charge < -0.3 is 5.73 Å². The first-order valence-electron chi connectivity index (χ1n) is 5.08. The summed E-state index contributed by atoms with van der Waals surface area (Å²) >= 11 is 0. The lowest BCUT2D eigenvalue weighted by Crippen LogP contribution is -2.23. The van der Waals surface area contributed by atoms with Crippen LogP contribution in [0, 0.1) is 5.92 Å². The average Bonchev–Trinajstić information content (AvgIpc) is 2.59. The molecule has 0 radical (unpaired) electrons. The lowest BCUT2D eigenvalue weighted by atomic mass is 9.88. The van der Waals surface area contributed by atoms with Gasteiger partial charge in [0.05, 0.1) is 6.20 Å². The third-order valence-electron chi connectivity index (χ3n) is 2.97. The number of hydrogen-bond acceptors (Lipinski definition) is 2. The van der Waals surface area contributed by atoms with Crippen LogP contribution in [0.2, 0.25) is 0 Å².